The van der Waals surface area contributed by atoms with Crippen molar-refractivity contribution in [2.45, 2.75) is 57.3 Å². The lowest BCUT2D eigenvalue weighted by atomic mass is 9.89. The molecule has 2 aromatic rings. The van der Waals surface area contributed by atoms with Crippen molar-refractivity contribution in [2.75, 3.05) is 32.1 Å². The van der Waals surface area contributed by atoms with E-state index >= 15 is 0 Å². The molecule has 0 amide bonds. The average Bonchev–Trinajstić information content (AvgIpc) is 3.13. The molecule has 1 aromatic carbocycles. The highest BCUT2D eigenvalue weighted by molar-refractivity contribution is 7.80. The van der Waals surface area contributed by atoms with Crippen molar-refractivity contribution in [3.05, 3.63) is 24.0 Å². The Hall–Kier alpha value is -1.82. The van der Waals surface area contributed by atoms with Crippen LogP contribution in [0.1, 0.15) is 63.1 Å². The Kier molecular flexibility index (Phi) is 6.94. The van der Waals surface area contributed by atoms with E-state index in [1.165, 1.54) is 81.5 Å². The zero-order valence-electron chi connectivity index (χ0n) is 16.7. The van der Waals surface area contributed by atoms with Crippen LogP contribution in [0.2, 0.25) is 0 Å². The van der Waals surface area contributed by atoms with Crippen LogP contribution >= 0.6 is 12.2 Å². The van der Waals surface area contributed by atoms with Gasteiger partial charge in [0.05, 0.1) is 11.0 Å². The number of fused-ring (bicyclic) bond motifs is 1. The Balaban J connectivity index is 0.000000307. The monoisotopic (exact) mass is 387 g/mol. The van der Waals surface area contributed by atoms with Gasteiger partial charge in [0, 0.05) is 38.8 Å². The molecule has 0 unspecified atom stereocenters. The highest BCUT2D eigenvalue weighted by atomic mass is 32.1. The molecular weight excluding hydrogens is 354 g/mol. The van der Waals surface area contributed by atoms with Gasteiger partial charge >= 0.3 is 0 Å². The van der Waals surface area contributed by atoms with Crippen LogP contribution in [0.4, 0.5) is 5.69 Å². The minimum atomic E-state index is 0.426. The summed E-state index contributed by atoms with van der Waals surface area (Å²) in [6.45, 7) is 2.41. The number of benzene rings is 1. The van der Waals surface area contributed by atoms with E-state index in [2.05, 4.69) is 40.3 Å². The summed E-state index contributed by atoms with van der Waals surface area (Å²) in [6, 6.07) is 6.75. The van der Waals surface area contributed by atoms with Crippen molar-refractivity contribution in [3.63, 3.8) is 0 Å². The Bertz CT molecular complexity index is 726. The first-order valence-corrected chi connectivity index (χ1v) is 10.7. The maximum atomic E-state index is 5.09. The summed E-state index contributed by atoms with van der Waals surface area (Å²) in [7, 11) is 3.62. The third-order valence-electron chi connectivity index (χ3n) is 5.64. The molecule has 2 aliphatic rings. The molecule has 1 aromatic heterocycles. The summed E-state index contributed by atoms with van der Waals surface area (Å²) in [5.41, 5.74) is 8.81. The smallest absolute Gasteiger partial charge is 0.165 e. The third-order valence-corrected chi connectivity index (χ3v) is 6.00. The minimum absolute atomic E-state index is 0.426. The van der Waals surface area contributed by atoms with Crippen molar-refractivity contribution < 1.29 is 0 Å². The Labute approximate surface area is 168 Å². The number of nitrogens with two attached hydrogens (primary N) is 1. The maximum absolute atomic E-state index is 5.09. The van der Waals surface area contributed by atoms with Crippen LogP contribution in [0.25, 0.3) is 11.0 Å². The van der Waals surface area contributed by atoms with Gasteiger partial charge in [-0.05, 0) is 62.5 Å². The average molecular weight is 388 g/mol. The first kappa shape index (κ1) is 19.9. The Morgan fingerprint density at radius 2 is 1.74 bits per heavy atom. The van der Waals surface area contributed by atoms with Crippen LogP contribution in [0.3, 0.4) is 0 Å². The second kappa shape index (κ2) is 9.40. The second-order valence-corrected chi connectivity index (χ2v) is 8.36. The van der Waals surface area contributed by atoms with Crippen LogP contribution in [0.15, 0.2) is 18.2 Å². The molecular formula is C21H33N5S. The van der Waals surface area contributed by atoms with Gasteiger partial charge in [0.15, 0.2) is 5.11 Å². The Morgan fingerprint density at radius 1 is 1.11 bits per heavy atom. The molecule has 5 nitrogen and oxygen atoms in total. The predicted molar refractivity (Wildman–Crippen MR) is 118 cm³/mol. The van der Waals surface area contributed by atoms with Crippen molar-refractivity contribution >= 4 is 34.1 Å². The second-order valence-electron chi connectivity index (χ2n) is 7.94. The zero-order chi connectivity index (χ0) is 19.2. The first-order chi connectivity index (χ1) is 13.0. The molecule has 0 radical (unpaired) electrons. The number of imidazole rings is 1. The van der Waals surface area contributed by atoms with Crippen LogP contribution in [0, 0.1) is 0 Å². The molecule has 3 N–H and O–H groups in total. The third kappa shape index (κ3) is 5.34. The van der Waals surface area contributed by atoms with Gasteiger partial charge in [0.1, 0.15) is 5.82 Å². The number of aromatic amines is 1. The molecule has 0 atom stereocenters. The lowest BCUT2D eigenvalue weighted by molar-refractivity contribution is 0.431. The molecule has 4 rings (SSSR count). The highest BCUT2D eigenvalue weighted by Crippen LogP contribution is 2.32. The van der Waals surface area contributed by atoms with Crippen LogP contribution in [0.5, 0.6) is 0 Å². The van der Waals surface area contributed by atoms with Gasteiger partial charge in [0.25, 0.3) is 0 Å². The van der Waals surface area contributed by atoms with E-state index < -0.39 is 0 Å². The highest BCUT2D eigenvalue weighted by Gasteiger charge is 2.19. The minimum Gasteiger partial charge on any atom is -0.376 e. The van der Waals surface area contributed by atoms with Gasteiger partial charge in [0.2, 0.25) is 0 Å². The fourth-order valence-electron chi connectivity index (χ4n) is 3.94. The number of hydrogen-bond acceptors (Lipinski definition) is 3. The van der Waals surface area contributed by atoms with Crippen LogP contribution in [-0.4, -0.2) is 47.2 Å². The first-order valence-electron chi connectivity index (χ1n) is 10.3. The maximum Gasteiger partial charge on any atom is 0.165 e. The molecule has 27 heavy (non-hydrogen) atoms. The number of hydrogen-bond donors (Lipinski definition) is 2. The summed E-state index contributed by atoms with van der Waals surface area (Å²) in [4.78, 5) is 12.6. The summed E-state index contributed by atoms with van der Waals surface area (Å²) >= 11 is 4.52. The summed E-state index contributed by atoms with van der Waals surface area (Å²) in [5.74, 6) is 1.88. The summed E-state index contributed by atoms with van der Waals surface area (Å²) in [6.07, 6.45) is 10.8. The van der Waals surface area contributed by atoms with E-state index in [-0.39, 0.29) is 0 Å². The number of nitrogens with zero attached hydrogens (tertiary/aromatic N) is 3. The number of thiocarbonyl (C=S) groups is 1. The topological polar surface area (TPSA) is 61.2 Å². The number of rotatable bonds is 2. The van der Waals surface area contributed by atoms with Gasteiger partial charge in [-0.2, -0.15) is 0 Å². The van der Waals surface area contributed by atoms with Gasteiger partial charge < -0.3 is 20.5 Å². The summed E-state index contributed by atoms with van der Waals surface area (Å²) in [5, 5.41) is 0.426. The van der Waals surface area contributed by atoms with Crippen molar-refractivity contribution in [1.82, 2.24) is 14.9 Å². The number of piperidine rings is 1. The van der Waals surface area contributed by atoms with Crippen LogP contribution in [-0.2, 0) is 0 Å². The van der Waals surface area contributed by atoms with Gasteiger partial charge in [-0.1, -0.05) is 19.3 Å². The van der Waals surface area contributed by atoms with Crippen molar-refractivity contribution in [2.24, 2.45) is 5.73 Å². The molecule has 2 heterocycles. The molecule has 2 fully saturated rings. The number of aromatic nitrogens is 2. The summed E-state index contributed by atoms with van der Waals surface area (Å²) < 4.78 is 0. The van der Waals surface area contributed by atoms with E-state index in [0.29, 0.717) is 11.0 Å². The van der Waals surface area contributed by atoms with Gasteiger partial charge in [-0.25, -0.2) is 4.98 Å². The van der Waals surface area contributed by atoms with Crippen LogP contribution < -0.4 is 10.6 Å². The molecule has 148 valence electrons. The number of H-pyrrole nitrogens is 1. The lowest BCUT2D eigenvalue weighted by Gasteiger charge is -2.28. The van der Waals surface area contributed by atoms with E-state index in [0.717, 1.165) is 5.52 Å². The van der Waals surface area contributed by atoms with E-state index in [1.807, 2.05) is 14.1 Å². The lowest BCUT2D eigenvalue weighted by Crippen LogP contribution is -2.29. The predicted octanol–water partition coefficient (Wildman–Crippen LogP) is 4.39. The molecule has 0 bridgehead atoms. The van der Waals surface area contributed by atoms with E-state index in [9.17, 15) is 0 Å². The number of nitrogens with one attached hydrogen (secondary N) is 1. The quantitative estimate of drug-likeness (QED) is 0.748. The molecule has 1 aliphatic heterocycles. The van der Waals surface area contributed by atoms with E-state index in [4.69, 9.17) is 10.7 Å². The molecule has 1 saturated carbocycles. The fourth-order valence-corrected chi connectivity index (χ4v) is 3.94. The number of anilines is 1. The SMILES string of the molecule is CN(C)C(N)=S.c1cc2nc(C3CCCCC3)[nH]c2cc1N1CCCCC1. The Morgan fingerprint density at radius 3 is 2.37 bits per heavy atom. The largest absolute Gasteiger partial charge is 0.376 e. The van der Waals surface area contributed by atoms with E-state index in [1.54, 1.807) is 4.90 Å². The van der Waals surface area contributed by atoms with Gasteiger partial charge in [-0.3, -0.25) is 0 Å². The molecule has 1 aliphatic carbocycles. The fraction of sp³-hybridized carbons (Fsp3) is 0.619. The molecule has 1 saturated heterocycles. The van der Waals surface area contributed by atoms with Crippen molar-refractivity contribution in [3.8, 4) is 0 Å². The van der Waals surface area contributed by atoms with Crippen molar-refractivity contribution in [1.29, 1.82) is 0 Å². The molecule has 6 heteroatoms. The zero-order valence-corrected chi connectivity index (χ0v) is 17.5. The normalized spacial score (nSPS) is 18.1. The molecule has 0 spiro atoms. The standard InChI is InChI=1S/C18H25N3.C3H8N2S/c1-3-7-14(8-4-1)18-19-16-10-9-15(13-17(16)20-18)21-11-5-2-6-12-21;1-5(2)3(4)6/h9-10,13-14H,1-8,11-12H2,(H,19,20);1-2H3,(H2,4,6). The van der Waals surface area contributed by atoms with Gasteiger partial charge in [-0.15, -0.1) is 0 Å².